The lowest BCUT2D eigenvalue weighted by atomic mass is 10.6. The second kappa shape index (κ2) is 3.36. The summed E-state index contributed by atoms with van der Waals surface area (Å²) in [5, 5.41) is 8.09. The van der Waals surface area contributed by atoms with Gasteiger partial charge in [0.15, 0.2) is 6.17 Å². The quantitative estimate of drug-likeness (QED) is 0.257. The molecule has 0 saturated heterocycles. The molecule has 0 heterocycles. The van der Waals surface area contributed by atoms with E-state index in [4.69, 9.17) is 10.8 Å². The Morgan fingerprint density at radius 3 is 2.50 bits per heavy atom. The molecule has 0 amide bonds. The molecule has 0 aliphatic carbocycles. The highest BCUT2D eigenvalue weighted by molar-refractivity contribution is 5.72. The van der Waals surface area contributed by atoms with E-state index in [2.05, 4.69) is 10.9 Å². The van der Waals surface area contributed by atoms with Crippen molar-refractivity contribution in [1.82, 2.24) is 10.9 Å². The summed E-state index contributed by atoms with van der Waals surface area (Å²) in [7, 11) is 1.54. The molecule has 0 aromatic rings. The monoisotopic (exact) mass is 119 g/mol. The first kappa shape index (κ1) is 7.35. The van der Waals surface area contributed by atoms with Gasteiger partial charge in [0.2, 0.25) is 0 Å². The molecule has 5 heteroatoms. The van der Waals surface area contributed by atoms with Crippen LogP contribution in [0, 0.1) is 0 Å². The Bertz CT molecular complexity index is 84.6. The number of carboxylic acid groups (broad SMARTS) is 1. The maximum atomic E-state index is 9.86. The van der Waals surface area contributed by atoms with Gasteiger partial charge in [-0.25, -0.2) is 10.2 Å². The van der Waals surface area contributed by atoms with E-state index in [1.165, 1.54) is 0 Å². The van der Waals surface area contributed by atoms with Crippen LogP contribution < -0.4 is 16.6 Å². The van der Waals surface area contributed by atoms with Crippen LogP contribution >= 0.6 is 0 Å². The number of hydrazine groups is 1. The summed E-state index contributed by atoms with van der Waals surface area (Å²) in [5.41, 5.74) is 9.62. The van der Waals surface area contributed by atoms with Gasteiger partial charge in [-0.1, -0.05) is 0 Å². The molecule has 0 radical (unpaired) electrons. The third-order valence-corrected chi connectivity index (χ3v) is 0.566. The van der Waals surface area contributed by atoms with E-state index < -0.39 is 12.1 Å². The Morgan fingerprint density at radius 1 is 1.88 bits per heavy atom. The predicted molar refractivity (Wildman–Crippen MR) is 27.8 cm³/mol. The van der Waals surface area contributed by atoms with E-state index in [1.54, 1.807) is 7.05 Å². The lowest BCUT2D eigenvalue weighted by Gasteiger charge is -2.05. The molecule has 0 aliphatic heterocycles. The Kier molecular flexibility index (Phi) is 3.09. The maximum Gasteiger partial charge on any atom is 0.336 e. The zero-order valence-corrected chi connectivity index (χ0v) is 4.51. The van der Waals surface area contributed by atoms with Gasteiger partial charge in [-0.2, -0.15) is 0 Å². The summed E-state index contributed by atoms with van der Waals surface area (Å²) in [5.74, 6) is -1.08. The normalized spacial score (nSPS) is 13.2. The number of aliphatic carboxylic acids is 1. The average Bonchev–Trinajstić information content (AvgIpc) is 1.67. The second-order valence-electron chi connectivity index (χ2n) is 1.21. The zero-order chi connectivity index (χ0) is 6.57. The Morgan fingerprint density at radius 2 is 2.38 bits per heavy atom. The minimum absolute atomic E-state index is 1.03. The van der Waals surface area contributed by atoms with Gasteiger partial charge in [0.1, 0.15) is 0 Å². The predicted octanol–water partition coefficient (Wildman–Crippen LogP) is -1.92. The first-order chi connectivity index (χ1) is 3.68. The first-order valence-corrected chi connectivity index (χ1v) is 2.09. The van der Waals surface area contributed by atoms with E-state index in [9.17, 15) is 4.79 Å². The van der Waals surface area contributed by atoms with Gasteiger partial charge in [0.05, 0.1) is 0 Å². The minimum atomic E-state index is -1.08. The molecule has 0 rings (SSSR count). The highest BCUT2D eigenvalue weighted by atomic mass is 16.4. The SMILES string of the molecule is CNNC(N)C(=O)O. The van der Waals surface area contributed by atoms with Crippen molar-refractivity contribution in [3.05, 3.63) is 0 Å². The Hall–Kier alpha value is -0.650. The van der Waals surface area contributed by atoms with Crippen LogP contribution in [0.15, 0.2) is 0 Å². The van der Waals surface area contributed by atoms with Crippen LogP contribution in [0.2, 0.25) is 0 Å². The van der Waals surface area contributed by atoms with Gasteiger partial charge in [-0.15, -0.1) is 0 Å². The standard InChI is InChI=1S/C3H9N3O2/c1-5-6-2(4)3(7)8/h2,5-6H,4H2,1H3,(H,7,8). The van der Waals surface area contributed by atoms with Gasteiger partial charge in [0, 0.05) is 0 Å². The summed E-state index contributed by atoms with van der Waals surface area (Å²) >= 11 is 0. The van der Waals surface area contributed by atoms with Crippen LogP contribution in [0.3, 0.4) is 0 Å². The maximum absolute atomic E-state index is 9.86. The molecule has 0 spiro atoms. The molecule has 0 aromatic carbocycles. The van der Waals surface area contributed by atoms with Crippen molar-refractivity contribution in [2.24, 2.45) is 5.73 Å². The number of carboxylic acids is 1. The number of rotatable bonds is 3. The summed E-state index contributed by atoms with van der Waals surface area (Å²) in [6, 6.07) is 0. The van der Waals surface area contributed by atoms with Gasteiger partial charge in [0.25, 0.3) is 0 Å². The molecule has 1 atom stereocenters. The molecule has 0 aliphatic rings. The number of hydrogen-bond donors (Lipinski definition) is 4. The third-order valence-electron chi connectivity index (χ3n) is 0.566. The van der Waals surface area contributed by atoms with Crippen molar-refractivity contribution >= 4 is 5.97 Å². The number of hydrogen-bond acceptors (Lipinski definition) is 4. The molecule has 1 unspecified atom stereocenters. The zero-order valence-electron chi connectivity index (χ0n) is 4.51. The fourth-order valence-corrected chi connectivity index (χ4v) is 0.217. The fraction of sp³-hybridized carbons (Fsp3) is 0.667. The van der Waals surface area contributed by atoms with Crippen molar-refractivity contribution < 1.29 is 9.90 Å². The van der Waals surface area contributed by atoms with Crippen LogP contribution in [0.1, 0.15) is 0 Å². The van der Waals surface area contributed by atoms with Crippen LogP contribution in [0.5, 0.6) is 0 Å². The number of nitrogens with two attached hydrogens (primary N) is 1. The average molecular weight is 119 g/mol. The summed E-state index contributed by atoms with van der Waals surface area (Å²) < 4.78 is 0. The van der Waals surface area contributed by atoms with Crippen molar-refractivity contribution in [3.8, 4) is 0 Å². The van der Waals surface area contributed by atoms with E-state index >= 15 is 0 Å². The summed E-state index contributed by atoms with van der Waals surface area (Å²) in [6.07, 6.45) is -1.03. The van der Waals surface area contributed by atoms with E-state index in [-0.39, 0.29) is 0 Å². The first-order valence-electron chi connectivity index (χ1n) is 2.09. The van der Waals surface area contributed by atoms with E-state index in [0.717, 1.165) is 0 Å². The van der Waals surface area contributed by atoms with Gasteiger partial charge in [-0.3, -0.25) is 5.43 Å². The molecule has 0 bridgehead atoms. The summed E-state index contributed by atoms with van der Waals surface area (Å²) in [4.78, 5) is 9.86. The van der Waals surface area contributed by atoms with Crippen LogP contribution in [0.4, 0.5) is 0 Å². The van der Waals surface area contributed by atoms with Gasteiger partial charge < -0.3 is 10.8 Å². The molecule has 0 fully saturated rings. The molecule has 0 saturated carbocycles. The summed E-state index contributed by atoms with van der Waals surface area (Å²) in [6.45, 7) is 0. The third kappa shape index (κ3) is 2.51. The highest BCUT2D eigenvalue weighted by Crippen LogP contribution is 1.64. The van der Waals surface area contributed by atoms with Crippen LogP contribution in [-0.4, -0.2) is 24.3 Å². The molecular formula is C3H9N3O2. The molecule has 5 nitrogen and oxygen atoms in total. The molecule has 0 aromatic heterocycles. The largest absolute Gasteiger partial charge is 0.479 e. The van der Waals surface area contributed by atoms with Crippen molar-refractivity contribution in [3.63, 3.8) is 0 Å². The molecule has 8 heavy (non-hydrogen) atoms. The van der Waals surface area contributed by atoms with Crippen molar-refractivity contribution in [1.29, 1.82) is 0 Å². The smallest absolute Gasteiger partial charge is 0.336 e. The van der Waals surface area contributed by atoms with E-state index in [0.29, 0.717) is 0 Å². The van der Waals surface area contributed by atoms with Crippen molar-refractivity contribution in [2.75, 3.05) is 7.05 Å². The van der Waals surface area contributed by atoms with Crippen LogP contribution in [-0.2, 0) is 4.79 Å². The van der Waals surface area contributed by atoms with Crippen LogP contribution in [0.25, 0.3) is 0 Å². The fourth-order valence-electron chi connectivity index (χ4n) is 0.217. The minimum Gasteiger partial charge on any atom is -0.479 e. The highest BCUT2D eigenvalue weighted by Gasteiger charge is 2.06. The topological polar surface area (TPSA) is 87.4 Å². The van der Waals surface area contributed by atoms with Crippen molar-refractivity contribution in [2.45, 2.75) is 6.17 Å². The van der Waals surface area contributed by atoms with Gasteiger partial charge in [-0.05, 0) is 7.05 Å². The van der Waals surface area contributed by atoms with E-state index in [1.807, 2.05) is 0 Å². The lowest BCUT2D eigenvalue weighted by molar-refractivity contribution is -0.139. The molecule has 5 N–H and O–H groups in total. The van der Waals surface area contributed by atoms with Gasteiger partial charge >= 0.3 is 5.97 Å². The lowest BCUT2D eigenvalue weighted by Crippen LogP contribution is -2.49. The molecule has 48 valence electrons. The molecular weight excluding hydrogens is 110 g/mol. The Labute approximate surface area is 46.8 Å². The Balaban J connectivity index is 3.32. The second-order valence-corrected chi connectivity index (χ2v) is 1.21. The number of nitrogens with one attached hydrogen (secondary N) is 2. The number of carbonyl (C=O) groups is 1.